The topological polar surface area (TPSA) is 73.8 Å². The SMILES string of the molecule is CN(c1cccc(Cl)c1)S(=O)(=O)c1cccc(C(=O)N2CCN(c3ccccn3)CC2)c1. The number of piperazine rings is 1. The van der Waals surface area contributed by atoms with Gasteiger partial charge in [0, 0.05) is 50.0 Å². The average molecular weight is 471 g/mol. The number of sulfonamides is 1. The molecule has 2 heterocycles. The molecule has 0 unspecified atom stereocenters. The molecule has 0 N–H and O–H groups in total. The second-order valence-corrected chi connectivity index (χ2v) is 9.85. The van der Waals surface area contributed by atoms with Gasteiger partial charge in [-0.2, -0.15) is 0 Å². The summed E-state index contributed by atoms with van der Waals surface area (Å²) in [5.41, 5.74) is 0.789. The molecule has 1 fully saturated rings. The Morgan fingerprint density at radius 2 is 1.72 bits per heavy atom. The Kier molecular flexibility index (Phi) is 6.34. The fourth-order valence-electron chi connectivity index (χ4n) is 3.62. The second kappa shape index (κ2) is 9.18. The number of rotatable bonds is 5. The molecule has 1 saturated heterocycles. The van der Waals surface area contributed by atoms with E-state index in [9.17, 15) is 13.2 Å². The number of hydrogen-bond acceptors (Lipinski definition) is 5. The van der Waals surface area contributed by atoms with E-state index in [2.05, 4.69) is 9.88 Å². The molecule has 0 spiro atoms. The molecule has 0 radical (unpaired) electrons. The highest BCUT2D eigenvalue weighted by Crippen LogP contribution is 2.25. The van der Waals surface area contributed by atoms with Gasteiger partial charge in [-0.3, -0.25) is 9.10 Å². The molecule has 1 aliphatic heterocycles. The first-order chi connectivity index (χ1) is 15.4. The predicted molar refractivity (Wildman–Crippen MR) is 126 cm³/mol. The highest BCUT2D eigenvalue weighted by molar-refractivity contribution is 7.92. The number of carbonyl (C=O) groups excluding carboxylic acids is 1. The summed E-state index contributed by atoms with van der Waals surface area (Å²) < 4.78 is 27.4. The standard InChI is InChI=1S/C23H23ClN4O3S/c1-26(20-8-5-7-19(24)17-20)32(30,31)21-9-4-6-18(16-21)23(29)28-14-12-27(13-15-28)22-10-2-3-11-25-22/h2-11,16-17H,12-15H2,1H3. The van der Waals surface area contributed by atoms with E-state index in [1.54, 1.807) is 47.5 Å². The number of halogens is 1. The molecule has 4 rings (SSSR count). The van der Waals surface area contributed by atoms with Crippen molar-refractivity contribution in [1.29, 1.82) is 0 Å². The lowest BCUT2D eigenvalue weighted by atomic mass is 10.2. The Bertz CT molecular complexity index is 1210. The summed E-state index contributed by atoms with van der Waals surface area (Å²) in [6.45, 7) is 2.40. The Hall–Kier alpha value is -3.10. The summed E-state index contributed by atoms with van der Waals surface area (Å²) in [5, 5.41) is 0.443. The van der Waals surface area contributed by atoms with Crippen LogP contribution in [0.4, 0.5) is 11.5 Å². The molecule has 2 aromatic carbocycles. The normalized spacial score (nSPS) is 14.3. The zero-order chi connectivity index (χ0) is 22.7. The zero-order valence-corrected chi connectivity index (χ0v) is 19.1. The maximum Gasteiger partial charge on any atom is 0.264 e. The predicted octanol–water partition coefficient (Wildman–Crippen LogP) is 3.52. The molecule has 0 bridgehead atoms. The number of pyridine rings is 1. The van der Waals surface area contributed by atoms with E-state index in [1.807, 2.05) is 18.2 Å². The lowest BCUT2D eigenvalue weighted by Crippen LogP contribution is -2.49. The lowest BCUT2D eigenvalue weighted by molar-refractivity contribution is 0.0746. The molecule has 7 nitrogen and oxygen atoms in total. The Morgan fingerprint density at radius 3 is 2.41 bits per heavy atom. The van der Waals surface area contributed by atoms with Crippen LogP contribution in [-0.4, -0.2) is 57.4 Å². The first-order valence-electron chi connectivity index (χ1n) is 10.2. The van der Waals surface area contributed by atoms with Crippen LogP contribution in [0.1, 0.15) is 10.4 Å². The monoisotopic (exact) mass is 470 g/mol. The minimum Gasteiger partial charge on any atom is -0.353 e. The maximum atomic E-state index is 13.1. The van der Waals surface area contributed by atoms with Gasteiger partial charge in [0.25, 0.3) is 15.9 Å². The van der Waals surface area contributed by atoms with Crippen LogP contribution in [0.2, 0.25) is 5.02 Å². The lowest BCUT2D eigenvalue weighted by Gasteiger charge is -2.35. The number of anilines is 2. The minimum absolute atomic E-state index is 0.0537. The number of carbonyl (C=O) groups is 1. The highest BCUT2D eigenvalue weighted by Gasteiger charge is 2.26. The van der Waals surface area contributed by atoms with E-state index in [0.717, 1.165) is 10.1 Å². The van der Waals surface area contributed by atoms with Crippen LogP contribution >= 0.6 is 11.6 Å². The van der Waals surface area contributed by atoms with E-state index < -0.39 is 10.0 Å². The van der Waals surface area contributed by atoms with Crippen molar-refractivity contribution in [3.63, 3.8) is 0 Å². The maximum absolute atomic E-state index is 13.1. The van der Waals surface area contributed by atoms with E-state index in [-0.39, 0.29) is 10.8 Å². The van der Waals surface area contributed by atoms with Crippen LogP contribution in [0.5, 0.6) is 0 Å². The minimum atomic E-state index is -3.85. The van der Waals surface area contributed by atoms with Gasteiger partial charge < -0.3 is 9.80 Å². The summed E-state index contributed by atoms with van der Waals surface area (Å²) in [6.07, 6.45) is 1.75. The molecule has 1 aromatic heterocycles. The molecular formula is C23H23ClN4O3S. The van der Waals surface area contributed by atoms with Gasteiger partial charge >= 0.3 is 0 Å². The van der Waals surface area contributed by atoms with Crippen molar-refractivity contribution >= 4 is 39.0 Å². The summed E-state index contributed by atoms with van der Waals surface area (Å²) in [6, 6.07) is 18.5. The summed E-state index contributed by atoms with van der Waals surface area (Å²) in [7, 11) is -2.39. The van der Waals surface area contributed by atoms with E-state index in [4.69, 9.17) is 11.6 Å². The Morgan fingerprint density at radius 1 is 0.969 bits per heavy atom. The molecule has 9 heteroatoms. The first-order valence-corrected chi connectivity index (χ1v) is 12.0. The van der Waals surface area contributed by atoms with Crippen LogP contribution in [0.15, 0.2) is 77.8 Å². The molecular weight excluding hydrogens is 448 g/mol. The smallest absolute Gasteiger partial charge is 0.264 e. The zero-order valence-electron chi connectivity index (χ0n) is 17.6. The van der Waals surface area contributed by atoms with Crippen molar-refractivity contribution in [1.82, 2.24) is 9.88 Å². The van der Waals surface area contributed by atoms with Crippen LogP contribution in [-0.2, 0) is 10.0 Å². The molecule has 1 aliphatic rings. The third-order valence-corrected chi connectivity index (χ3v) is 7.47. The van der Waals surface area contributed by atoms with Gasteiger partial charge in [-0.15, -0.1) is 0 Å². The van der Waals surface area contributed by atoms with Crippen molar-refractivity contribution in [2.45, 2.75) is 4.90 Å². The molecule has 32 heavy (non-hydrogen) atoms. The molecule has 166 valence electrons. The number of benzene rings is 2. The molecule has 0 aliphatic carbocycles. The van der Waals surface area contributed by atoms with Crippen molar-refractivity contribution in [3.05, 3.63) is 83.5 Å². The van der Waals surface area contributed by atoms with Crippen LogP contribution in [0.25, 0.3) is 0 Å². The summed E-state index contributed by atoms with van der Waals surface area (Å²) in [4.78, 5) is 21.4. The van der Waals surface area contributed by atoms with Gasteiger partial charge in [0.1, 0.15) is 5.82 Å². The fraction of sp³-hybridized carbons (Fsp3) is 0.217. The van der Waals surface area contributed by atoms with Crippen molar-refractivity contribution in [3.8, 4) is 0 Å². The third kappa shape index (κ3) is 4.56. The van der Waals surface area contributed by atoms with Gasteiger partial charge in [-0.05, 0) is 48.5 Å². The number of aromatic nitrogens is 1. The molecule has 0 atom stereocenters. The van der Waals surface area contributed by atoms with E-state index >= 15 is 0 Å². The largest absolute Gasteiger partial charge is 0.353 e. The molecule has 1 amide bonds. The van der Waals surface area contributed by atoms with Crippen LogP contribution < -0.4 is 9.21 Å². The summed E-state index contributed by atoms with van der Waals surface area (Å²) >= 11 is 6.01. The average Bonchev–Trinajstić information content (AvgIpc) is 2.84. The Balaban J connectivity index is 1.49. The van der Waals surface area contributed by atoms with Crippen LogP contribution in [0.3, 0.4) is 0 Å². The van der Waals surface area contributed by atoms with Gasteiger partial charge in [-0.1, -0.05) is 29.8 Å². The quantitative estimate of drug-likeness (QED) is 0.570. The number of amides is 1. The van der Waals surface area contributed by atoms with Gasteiger partial charge in [0.15, 0.2) is 0 Å². The van der Waals surface area contributed by atoms with Crippen molar-refractivity contribution in [2.24, 2.45) is 0 Å². The Labute approximate surface area is 192 Å². The van der Waals surface area contributed by atoms with E-state index in [1.165, 1.54) is 19.2 Å². The number of nitrogens with zero attached hydrogens (tertiary/aromatic N) is 4. The van der Waals surface area contributed by atoms with Crippen molar-refractivity contribution < 1.29 is 13.2 Å². The van der Waals surface area contributed by atoms with Crippen molar-refractivity contribution in [2.75, 3.05) is 42.4 Å². The third-order valence-electron chi connectivity index (χ3n) is 5.45. The molecule has 3 aromatic rings. The molecule has 0 saturated carbocycles. The fourth-order valence-corrected chi connectivity index (χ4v) is 5.04. The second-order valence-electron chi connectivity index (χ2n) is 7.45. The van der Waals surface area contributed by atoms with Crippen LogP contribution in [0, 0.1) is 0 Å². The summed E-state index contributed by atoms with van der Waals surface area (Å²) in [5.74, 6) is 0.699. The van der Waals surface area contributed by atoms with Gasteiger partial charge in [0.2, 0.25) is 0 Å². The van der Waals surface area contributed by atoms with E-state index in [0.29, 0.717) is 42.5 Å². The van der Waals surface area contributed by atoms with Gasteiger partial charge in [0.05, 0.1) is 10.6 Å². The highest BCUT2D eigenvalue weighted by atomic mass is 35.5. The van der Waals surface area contributed by atoms with Gasteiger partial charge in [-0.25, -0.2) is 13.4 Å². The number of hydrogen-bond donors (Lipinski definition) is 0. The first kappa shape index (κ1) is 22.1.